The third kappa shape index (κ3) is 2.46. The summed E-state index contributed by atoms with van der Waals surface area (Å²) in [7, 11) is 0. The molecule has 6 heteroatoms. The van der Waals surface area contributed by atoms with Crippen LogP contribution < -0.4 is 5.56 Å². The second-order valence-electron chi connectivity index (χ2n) is 4.53. The number of hydrogen-bond acceptors (Lipinski definition) is 5. The van der Waals surface area contributed by atoms with Gasteiger partial charge in [0, 0.05) is 17.0 Å². The van der Waals surface area contributed by atoms with Gasteiger partial charge in [-0.2, -0.15) is 5.10 Å². The number of aryl methyl sites for hydroxylation is 1. The van der Waals surface area contributed by atoms with Crippen LogP contribution >= 0.6 is 11.3 Å². The smallest absolute Gasteiger partial charge is 0.265 e. The van der Waals surface area contributed by atoms with Gasteiger partial charge in [0.15, 0.2) is 0 Å². The minimum Gasteiger partial charge on any atom is -0.265 e. The van der Waals surface area contributed by atoms with Crippen LogP contribution in [0.1, 0.15) is 24.0 Å². The monoisotopic (exact) mass is 286 g/mol. The molecule has 3 aromatic heterocycles. The van der Waals surface area contributed by atoms with E-state index in [0.29, 0.717) is 12.1 Å². The maximum atomic E-state index is 12.3. The van der Waals surface area contributed by atoms with Crippen molar-refractivity contribution in [1.29, 1.82) is 0 Å². The SMILES string of the molecule is CCCc1nc(Cn2ncc3cccnc3c2=O)cs1. The quantitative estimate of drug-likeness (QED) is 0.738. The Morgan fingerprint density at radius 3 is 3.15 bits per heavy atom. The Morgan fingerprint density at radius 2 is 2.30 bits per heavy atom. The molecule has 102 valence electrons. The molecule has 3 heterocycles. The molecule has 0 aromatic carbocycles. The van der Waals surface area contributed by atoms with Crippen LogP contribution in [0.5, 0.6) is 0 Å². The molecule has 0 aliphatic rings. The van der Waals surface area contributed by atoms with Crippen molar-refractivity contribution < 1.29 is 0 Å². The zero-order chi connectivity index (χ0) is 13.9. The molecule has 0 N–H and O–H groups in total. The summed E-state index contributed by atoms with van der Waals surface area (Å²) < 4.78 is 1.42. The maximum absolute atomic E-state index is 12.3. The highest BCUT2D eigenvalue weighted by molar-refractivity contribution is 7.09. The Kier molecular flexibility index (Phi) is 3.56. The molecule has 0 spiro atoms. The molecule has 0 fully saturated rings. The van der Waals surface area contributed by atoms with Crippen LogP contribution in [-0.4, -0.2) is 19.7 Å². The molecule has 3 aromatic rings. The summed E-state index contributed by atoms with van der Waals surface area (Å²) in [5.41, 5.74) is 1.16. The lowest BCUT2D eigenvalue weighted by Gasteiger charge is -2.03. The predicted octanol–water partition coefficient (Wildman–Crippen LogP) is 2.25. The molecule has 0 saturated heterocycles. The minimum absolute atomic E-state index is 0.173. The van der Waals surface area contributed by atoms with E-state index < -0.39 is 0 Å². The third-order valence-corrected chi connectivity index (χ3v) is 3.94. The highest BCUT2D eigenvalue weighted by Gasteiger charge is 2.07. The highest BCUT2D eigenvalue weighted by Crippen LogP contribution is 2.12. The zero-order valence-corrected chi connectivity index (χ0v) is 11.9. The second-order valence-corrected chi connectivity index (χ2v) is 5.47. The first-order valence-electron chi connectivity index (χ1n) is 6.52. The lowest BCUT2D eigenvalue weighted by atomic mass is 10.3. The number of aromatic nitrogens is 4. The van der Waals surface area contributed by atoms with E-state index in [1.165, 1.54) is 4.68 Å². The summed E-state index contributed by atoms with van der Waals surface area (Å²) in [5, 5.41) is 8.04. The molecule has 0 amide bonds. The standard InChI is InChI=1S/C14H14N4OS/c1-2-4-12-17-11(9-20-12)8-18-14(19)13-10(7-16-18)5-3-6-15-13/h3,5-7,9H,2,4,8H2,1H3. The summed E-state index contributed by atoms with van der Waals surface area (Å²) in [6.45, 7) is 2.52. The van der Waals surface area contributed by atoms with Gasteiger partial charge in [0.25, 0.3) is 5.56 Å². The van der Waals surface area contributed by atoms with Gasteiger partial charge < -0.3 is 0 Å². The normalized spacial score (nSPS) is 11.1. The average Bonchev–Trinajstić information content (AvgIpc) is 2.90. The summed E-state index contributed by atoms with van der Waals surface area (Å²) in [5.74, 6) is 0. The van der Waals surface area contributed by atoms with Crippen molar-refractivity contribution in [2.75, 3.05) is 0 Å². The van der Waals surface area contributed by atoms with E-state index in [1.807, 2.05) is 11.4 Å². The number of rotatable bonds is 4. The lowest BCUT2D eigenvalue weighted by Crippen LogP contribution is -2.24. The fourth-order valence-corrected chi connectivity index (χ4v) is 2.91. The number of fused-ring (bicyclic) bond motifs is 1. The van der Waals surface area contributed by atoms with Gasteiger partial charge in [0.05, 0.1) is 23.4 Å². The number of pyridine rings is 1. The molecule has 5 nitrogen and oxygen atoms in total. The van der Waals surface area contributed by atoms with E-state index in [2.05, 4.69) is 22.0 Å². The highest BCUT2D eigenvalue weighted by atomic mass is 32.1. The molecule has 0 radical (unpaired) electrons. The fraction of sp³-hybridized carbons (Fsp3) is 0.286. The van der Waals surface area contributed by atoms with Crippen molar-refractivity contribution in [3.05, 3.63) is 51.0 Å². The molecular formula is C14H14N4OS. The van der Waals surface area contributed by atoms with E-state index in [-0.39, 0.29) is 5.56 Å². The van der Waals surface area contributed by atoms with Crippen LogP contribution in [-0.2, 0) is 13.0 Å². The average molecular weight is 286 g/mol. The fourth-order valence-electron chi connectivity index (χ4n) is 2.02. The van der Waals surface area contributed by atoms with Crippen LogP contribution in [0.4, 0.5) is 0 Å². The van der Waals surface area contributed by atoms with Crippen LogP contribution in [0, 0.1) is 0 Å². The van der Waals surface area contributed by atoms with Gasteiger partial charge in [-0.25, -0.2) is 9.67 Å². The van der Waals surface area contributed by atoms with Gasteiger partial charge in [-0.1, -0.05) is 6.92 Å². The first-order valence-corrected chi connectivity index (χ1v) is 7.40. The van der Waals surface area contributed by atoms with E-state index in [1.54, 1.807) is 29.8 Å². The number of thiazole rings is 1. The summed E-state index contributed by atoms with van der Waals surface area (Å²) in [6, 6.07) is 3.63. The molecule has 0 saturated carbocycles. The second kappa shape index (κ2) is 5.50. The number of nitrogens with zero attached hydrogens (tertiary/aromatic N) is 4. The van der Waals surface area contributed by atoms with Gasteiger partial charge in [-0.15, -0.1) is 11.3 Å². The molecule has 3 rings (SSSR count). The van der Waals surface area contributed by atoms with Gasteiger partial charge in [-0.05, 0) is 25.0 Å². The van der Waals surface area contributed by atoms with Crippen LogP contribution in [0.2, 0.25) is 0 Å². The van der Waals surface area contributed by atoms with Crippen molar-refractivity contribution in [2.45, 2.75) is 26.3 Å². The van der Waals surface area contributed by atoms with Gasteiger partial charge in [-0.3, -0.25) is 9.78 Å². The van der Waals surface area contributed by atoms with E-state index in [9.17, 15) is 4.79 Å². The van der Waals surface area contributed by atoms with E-state index >= 15 is 0 Å². The van der Waals surface area contributed by atoms with Crippen molar-refractivity contribution >= 4 is 22.2 Å². The Balaban J connectivity index is 1.94. The first-order chi connectivity index (χ1) is 9.78. The predicted molar refractivity (Wildman–Crippen MR) is 79.0 cm³/mol. The largest absolute Gasteiger partial charge is 0.293 e. The van der Waals surface area contributed by atoms with Crippen LogP contribution in [0.15, 0.2) is 34.7 Å². The topological polar surface area (TPSA) is 60.7 Å². The zero-order valence-electron chi connectivity index (χ0n) is 11.1. The van der Waals surface area contributed by atoms with Gasteiger partial charge >= 0.3 is 0 Å². The molecule has 20 heavy (non-hydrogen) atoms. The van der Waals surface area contributed by atoms with Crippen molar-refractivity contribution in [2.24, 2.45) is 0 Å². The molecule has 0 unspecified atom stereocenters. The van der Waals surface area contributed by atoms with E-state index in [4.69, 9.17) is 0 Å². The first kappa shape index (κ1) is 12.9. The molecule has 0 bridgehead atoms. The maximum Gasteiger partial charge on any atom is 0.293 e. The molecule has 0 aliphatic heterocycles. The number of hydrogen-bond donors (Lipinski definition) is 0. The Labute approximate surface area is 119 Å². The summed E-state index contributed by atoms with van der Waals surface area (Å²) >= 11 is 1.63. The van der Waals surface area contributed by atoms with Crippen LogP contribution in [0.3, 0.4) is 0 Å². The van der Waals surface area contributed by atoms with Crippen molar-refractivity contribution in [1.82, 2.24) is 19.7 Å². The molecule has 0 aliphatic carbocycles. The lowest BCUT2D eigenvalue weighted by molar-refractivity contribution is 0.635. The van der Waals surface area contributed by atoms with Crippen molar-refractivity contribution in [3.8, 4) is 0 Å². The van der Waals surface area contributed by atoms with E-state index in [0.717, 1.165) is 28.9 Å². The van der Waals surface area contributed by atoms with Crippen LogP contribution in [0.25, 0.3) is 10.9 Å². The summed E-state index contributed by atoms with van der Waals surface area (Å²) in [4.78, 5) is 20.9. The Morgan fingerprint density at radius 1 is 1.40 bits per heavy atom. The minimum atomic E-state index is -0.173. The Hall–Kier alpha value is -2.08. The molecular weight excluding hydrogens is 272 g/mol. The molecule has 0 atom stereocenters. The summed E-state index contributed by atoms with van der Waals surface area (Å²) in [6.07, 6.45) is 5.34. The van der Waals surface area contributed by atoms with Crippen molar-refractivity contribution in [3.63, 3.8) is 0 Å². The third-order valence-electron chi connectivity index (χ3n) is 2.99. The van der Waals surface area contributed by atoms with Gasteiger partial charge in [0.1, 0.15) is 5.52 Å². The Bertz CT molecular complexity index is 793. The van der Waals surface area contributed by atoms with Gasteiger partial charge in [0.2, 0.25) is 0 Å².